The summed E-state index contributed by atoms with van der Waals surface area (Å²) in [5, 5.41) is 1.17. The molecule has 0 bridgehead atoms. The SMILES string of the molecule is CCC(C)CCCCBr.[MgH2]. The van der Waals surface area contributed by atoms with E-state index in [9.17, 15) is 0 Å². The lowest BCUT2D eigenvalue weighted by Crippen LogP contribution is -1.91. The summed E-state index contributed by atoms with van der Waals surface area (Å²) in [5.74, 6) is 0.934. The second kappa shape index (κ2) is 10.2. The van der Waals surface area contributed by atoms with Crippen molar-refractivity contribution >= 4 is 39.0 Å². The van der Waals surface area contributed by atoms with Crippen LogP contribution >= 0.6 is 15.9 Å². The van der Waals surface area contributed by atoms with Crippen LogP contribution in [0.1, 0.15) is 39.5 Å². The average molecular weight is 219 g/mol. The fourth-order valence-electron chi connectivity index (χ4n) is 0.791. The van der Waals surface area contributed by atoms with E-state index in [4.69, 9.17) is 0 Å². The zero-order chi connectivity index (χ0) is 7.11. The van der Waals surface area contributed by atoms with E-state index in [1.807, 2.05) is 0 Å². The smallest absolute Gasteiger partial charge is 0.0928 e. The molecule has 0 aliphatic carbocycles. The zero-order valence-corrected chi connectivity index (χ0v) is 8.08. The molecule has 0 nitrogen and oxygen atoms in total. The molecule has 0 fully saturated rings. The van der Waals surface area contributed by atoms with E-state index < -0.39 is 0 Å². The van der Waals surface area contributed by atoms with Gasteiger partial charge in [0.25, 0.3) is 0 Å². The largest absolute Gasteiger partial charge is 0.316 e. The van der Waals surface area contributed by atoms with E-state index in [0.717, 1.165) is 5.92 Å². The first-order chi connectivity index (χ1) is 4.31. The van der Waals surface area contributed by atoms with Crippen molar-refractivity contribution in [1.82, 2.24) is 0 Å². The van der Waals surface area contributed by atoms with E-state index in [-0.39, 0.29) is 23.1 Å². The Morgan fingerprint density at radius 1 is 1.30 bits per heavy atom. The van der Waals surface area contributed by atoms with Crippen LogP contribution in [0.2, 0.25) is 0 Å². The molecule has 0 aliphatic heterocycles. The Hall–Kier alpha value is 1.25. The second-order valence-corrected chi connectivity index (χ2v) is 3.49. The van der Waals surface area contributed by atoms with Gasteiger partial charge in [0.1, 0.15) is 0 Å². The van der Waals surface area contributed by atoms with Crippen LogP contribution in [0.5, 0.6) is 0 Å². The molecule has 0 N–H and O–H groups in total. The molecule has 0 rings (SSSR count). The van der Waals surface area contributed by atoms with Crippen molar-refractivity contribution in [3.05, 3.63) is 0 Å². The van der Waals surface area contributed by atoms with Gasteiger partial charge in [0.05, 0.1) is 0 Å². The monoisotopic (exact) mass is 218 g/mol. The van der Waals surface area contributed by atoms with Gasteiger partial charge in [-0.15, -0.1) is 0 Å². The third-order valence-corrected chi connectivity index (χ3v) is 2.34. The molecule has 0 aromatic heterocycles. The van der Waals surface area contributed by atoms with Gasteiger partial charge in [0, 0.05) is 5.33 Å². The molecule has 1 unspecified atom stereocenters. The predicted octanol–water partition coefficient (Wildman–Crippen LogP) is 2.68. The Kier molecular flexibility index (Phi) is 14.2. The minimum atomic E-state index is 0. The van der Waals surface area contributed by atoms with Crippen molar-refractivity contribution in [2.45, 2.75) is 39.5 Å². The summed E-state index contributed by atoms with van der Waals surface area (Å²) < 4.78 is 0. The van der Waals surface area contributed by atoms with Crippen LogP contribution in [0.25, 0.3) is 0 Å². The van der Waals surface area contributed by atoms with Gasteiger partial charge in [-0.05, 0) is 12.3 Å². The molecule has 0 aliphatic rings. The lowest BCUT2D eigenvalue weighted by molar-refractivity contribution is 0.493. The van der Waals surface area contributed by atoms with Gasteiger partial charge < -0.3 is 0 Å². The van der Waals surface area contributed by atoms with Gasteiger partial charge in [0.2, 0.25) is 0 Å². The molecule has 60 valence electrons. The fourth-order valence-corrected chi connectivity index (χ4v) is 1.19. The molecule has 0 spiro atoms. The first-order valence-electron chi connectivity index (χ1n) is 3.87. The normalized spacial score (nSPS) is 12.3. The highest BCUT2D eigenvalue weighted by Gasteiger charge is 1.96. The standard InChI is InChI=1S/C8H17Br.Mg.2H/c1-3-8(2)6-4-5-7-9;;;/h8H,3-7H2,1-2H3;;;. The van der Waals surface area contributed by atoms with E-state index in [2.05, 4.69) is 29.8 Å². The number of unbranched alkanes of at least 4 members (excludes halogenated alkanes) is 1. The molecular weight excluding hydrogens is 200 g/mol. The fraction of sp³-hybridized carbons (Fsp3) is 1.00. The molecule has 0 amide bonds. The van der Waals surface area contributed by atoms with E-state index >= 15 is 0 Å². The Bertz CT molecular complexity index is 57.2. The minimum Gasteiger partial charge on any atom is -0.0928 e. The first-order valence-corrected chi connectivity index (χ1v) is 4.99. The maximum atomic E-state index is 3.42. The van der Waals surface area contributed by atoms with Crippen LogP contribution in [-0.2, 0) is 0 Å². The second-order valence-electron chi connectivity index (χ2n) is 2.70. The Morgan fingerprint density at radius 3 is 2.30 bits per heavy atom. The Balaban J connectivity index is 0. The van der Waals surface area contributed by atoms with Crippen molar-refractivity contribution in [3.8, 4) is 0 Å². The van der Waals surface area contributed by atoms with Gasteiger partial charge in [-0.2, -0.15) is 0 Å². The predicted molar refractivity (Wildman–Crippen MR) is 55.6 cm³/mol. The summed E-state index contributed by atoms with van der Waals surface area (Å²) in [7, 11) is 0. The van der Waals surface area contributed by atoms with Gasteiger partial charge >= 0.3 is 23.1 Å². The molecule has 0 heterocycles. The van der Waals surface area contributed by atoms with Crippen molar-refractivity contribution in [3.63, 3.8) is 0 Å². The maximum Gasteiger partial charge on any atom is 0.316 e. The molecule has 0 aromatic carbocycles. The summed E-state index contributed by atoms with van der Waals surface area (Å²) in [5.41, 5.74) is 0. The van der Waals surface area contributed by atoms with Gasteiger partial charge in [-0.3, -0.25) is 0 Å². The van der Waals surface area contributed by atoms with Gasteiger partial charge in [0.15, 0.2) is 0 Å². The van der Waals surface area contributed by atoms with Crippen LogP contribution in [0.4, 0.5) is 0 Å². The lowest BCUT2D eigenvalue weighted by atomic mass is 10.0. The number of alkyl halides is 1. The van der Waals surface area contributed by atoms with Gasteiger partial charge in [-0.25, -0.2) is 0 Å². The van der Waals surface area contributed by atoms with Crippen LogP contribution in [0.3, 0.4) is 0 Å². The van der Waals surface area contributed by atoms with E-state index in [1.165, 1.54) is 31.0 Å². The Morgan fingerprint density at radius 2 is 1.90 bits per heavy atom. The first kappa shape index (κ1) is 13.8. The summed E-state index contributed by atoms with van der Waals surface area (Å²) >= 11 is 3.42. The molecule has 2 heteroatoms. The molecule has 0 radical (unpaired) electrons. The molecule has 0 aromatic rings. The highest BCUT2D eigenvalue weighted by molar-refractivity contribution is 9.09. The van der Waals surface area contributed by atoms with Crippen molar-refractivity contribution in [2.24, 2.45) is 5.92 Å². The number of hydrogen-bond acceptors (Lipinski definition) is 0. The molecule has 1 atom stereocenters. The third kappa shape index (κ3) is 9.25. The van der Waals surface area contributed by atoms with Gasteiger partial charge in [-0.1, -0.05) is 49.0 Å². The van der Waals surface area contributed by atoms with Crippen molar-refractivity contribution < 1.29 is 0 Å². The van der Waals surface area contributed by atoms with Crippen molar-refractivity contribution in [1.29, 1.82) is 0 Å². The third-order valence-electron chi connectivity index (χ3n) is 1.78. The highest BCUT2D eigenvalue weighted by atomic mass is 79.9. The number of hydrogen-bond donors (Lipinski definition) is 0. The summed E-state index contributed by atoms with van der Waals surface area (Å²) in [6.45, 7) is 4.59. The maximum absolute atomic E-state index is 3.42. The van der Waals surface area contributed by atoms with Crippen LogP contribution in [-0.4, -0.2) is 28.4 Å². The van der Waals surface area contributed by atoms with Crippen molar-refractivity contribution in [2.75, 3.05) is 5.33 Å². The molecule has 10 heavy (non-hydrogen) atoms. The average Bonchev–Trinajstić information content (AvgIpc) is 1.89. The summed E-state index contributed by atoms with van der Waals surface area (Å²) in [6.07, 6.45) is 5.47. The molecule has 0 saturated heterocycles. The Labute approximate surface area is 89.4 Å². The lowest BCUT2D eigenvalue weighted by Gasteiger charge is -2.05. The zero-order valence-electron chi connectivity index (χ0n) is 6.49. The van der Waals surface area contributed by atoms with E-state index in [1.54, 1.807) is 0 Å². The summed E-state index contributed by atoms with van der Waals surface area (Å²) in [6, 6.07) is 0. The topological polar surface area (TPSA) is 0 Å². The van der Waals surface area contributed by atoms with Crippen LogP contribution in [0, 0.1) is 5.92 Å². The quantitative estimate of drug-likeness (QED) is 0.379. The molecular formula is C8H19BrMg. The van der Waals surface area contributed by atoms with Crippen LogP contribution in [0.15, 0.2) is 0 Å². The number of halogens is 1. The van der Waals surface area contributed by atoms with Crippen LogP contribution < -0.4 is 0 Å². The highest BCUT2D eigenvalue weighted by Crippen LogP contribution is 2.11. The number of rotatable bonds is 5. The summed E-state index contributed by atoms with van der Waals surface area (Å²) in [4.78, 5) is 0. The van der Waals surface area contributed by atoms with E-state index in [0.29, 0.717) is 0 Å². The molecule has 0 saturated carbocycles. The minimum absolute atomic E-state index is 0.